The van der Waals surface area contributed by atoms with Gasteiger partial charge in [-0.05, 0) is 48.2 Å². The summed E-state index contributed by atoms with van der Waals surface area (Å²) in [5, 5.41) is 6.23. The highest BCUT2D eigenvalue weighted by atomic mass is 19.1. The zero-order valence-electron chi connectivity index (χ0n) is 20.9. The predicted molar refractivity (Wildman–Crippen MR) is 145 cm³/mol. The average Bonchev–Trinajstić information content (AvgIpc) is 2.86. The number of terminal acetylenes is 1. The highest BCUT2D eigenvalue weighted by Crippen LogP contribution is 2.27. The summed E-state index contributed by atoms with van der Waals surface area (Å²) < 4.78 is 10.3. The van der Waals surface area contributed by atoms with Crippen LogP contribution < -0.4 is 16.8 Å². The normalized spacial score (nSPS) is 11.1. The number of halogens is 1. The van der Waals surface area contributed by atoms with Crippen LogP contribution in [-0.2, 0) is 16.0 Å². The molecular weight excluding hydrogens is 441 g/mol. The Labute approximate surface area is 209 Å². The van der Waals surface area contributed by atoms with Crippen LogP contribution in [0.15, 0.2) is 66.7 Å². The van der Waals surface area contributed by atoms with Gasteiger partial charge in [-0.25, -0.2) is 0 Å². The molecule has 0 spiro atoms. The molecule has 0 fully saturated rings. The van der Waals surface area contributed by atoms with Crippen LogP contribution in [0.2, 0.25) is 0 Å². The third-order valence-electron chi connectivity index (χ3n) is 4.90. The molecular formula is C29H38FN3O2. The van der Waals surface area contributed by atoms with E-state index in [0.717, 1.165) is 11.8 Å². The smallest absolute Gasteiger partial charge is 0.204 e. The third-order valence-corrected chi connectivity index (χ3v) is 4.90. The van der Waals surface area contributed by atoms with Gasteiger partial charge in [0.15, 0.2) is 0 Å². The van der Waals surface area contributed by atoms with Gasteiger partial charge in [0, 0.05) is 31.5 Å². The Bertz CT molecular complexity index is 1030. The van der Waals surface area contributed by atoms with Crippen LogP contribution in [0, 0.1) is 12.3 Å². The van der Waals surface area contributed by atoms with E-state index < -0.39 is 0 Å². The molecule has 0 heterocycles. The number of carbonyl (C=O) groups is 2. The Kier molecular flexibility index (Phi) is 17.9. The molecule has 35 heavy (non-hydrogen) atoms. The van der Waals surface area contributed by atoms with Crippen molar-refractivity contribution in [2.75, 3.05) is 13.2 Å². The molecule has 188 valence electrons. The van der Waals surface area contributed by atoms with Gasteiger partial charge in [0.1, 0.15) is 6.29 Å². The van der Waals surface area contributed by atoms with E-state index in [2.05, 4.69) is 79.3 Å². The van der Waals surface area contributed by atoms with Crippen LogP contribution >= 0.6 is 0 Å². The lowest BCUT2D eigenvalue weighted by Gasteiger charge is -2.23. The van der Waals surface area contributed by atoms with Crippen molar-refractivity contribution < 1.29 is 14.0 Å². The predicted octanol–water partition coefficient (Wildman–Crippen LogP) is 5.04. The maximum atomic E-state index is 10.9. The molecule has 0 aromatic heterocycles. The monoisotopic (exact) mass is 479 g/mol. The highest BCUT2D eigenvalue weighted by Gasteiger charge is 2.15. The molecule has 0 aliphatic carbocycles. The number of nitrogens with two attached hydrogens (primary N) is 2. The van der Waals surface area contributed by atoms with Crippen molar-refractivity contribution in [2.45, 2.75) is 45.7 Å². The molecule has 3 rings (SSSR count). The maximum absolute atomic E-state index is 10.9. The van der Waals surface area contributed by atoms with Gasteiger partial charge in [-0.1, -0.05) is 66.7 Å². The first kappa shape index (κ1) is 31.5. The van der Waals surface area contributed by atoms with Crippen molar-refractivity contribution in [1.29, 1.82) is 0 Å². The highest BCUT2D eigenvalue weighted by molar-refractivity contribution is 5.86. The number of rotatable bonds is 7. The number of hydrogen-bond acceptors (Lipinski definition) is 4. The van der Waals surface area contributed by atoms with Gasteiger partial charge >= 0.3 is 0 Å². The van der Waals surface area contributed by atoms with Crippen LogP contribution in [0.4, 0.5) is 4.39 Å². The summed E-state index contributed by atoms with van der Waals surface area (Å²) in [5.74, 6) is 2.39. The van der Waals surface area contributed by atoms with E-state index in [4.69, 9.17) is 17.0 Å². The number of hydrogen-bond donors (Lipinski definition) is 3. The summed E-state index contributed by atoms with van der Waals surface area (Å²) in [5.41, 5.74) is 12.7. The molecule has 0 bridgehead atoms. The summed E-state index contributed by atoms with van der Waals surface area (Å²) in [7, 11) is 0. The number of amides is 1. The number of carbonyl (C=O) groups excluding carboxylic acids is 2. The van der Waals surface area contributed by atoms with E-state index in [0.29, 0.717) is 19.4 Å². The van der Waals surface area contributed by atoms with Gasteiger partial charge < -0.3 is 21.6 Å². The Morgan fingerprint density at radius 2 is 1.49 bits per heavy atom. The number of benzene rings is 3. The minimum Gasteiger partial charge on any atom is -0.372 e. The second kappa shape index (κ2) is 19.9. The molecule has 5 N–H and O–H groups in total. The number of fused-ring (bicyclic) bond motifs is 1. The van der Waals surface area contributed by atoms with Crippen LogP contribution in [0.1, 0.15) is 56.0 Å². The summed E-state index contributed by atoms with van der Waals surface area (Å²) in [4.78, 5) is 19.5. The van der Waals surface area contributed by atoms with E-state index in [1.165, 1.54) is 28.8 Å². The fourth-order valence-corrected chi connectivity index (χ4v) is 3.50. The van der Waals surface area contributed by atoms with Crippen molar-refractivity contribution in [3.8, 4) is 12.3 Å². The van der Waals surface area contributed by atoms with Crippen LogP contribution in [0.5, 0.6) is 0 Å². The Balaban J connectivity index is 0.000000891. The van der Waals surface area contributed by atoms with Crippen molar-refractivity contribution >= 4 is 23.5 Å². The van der Waals surface area contributed by atoms with Gasteiger partial charge in [0.2, 0.25) is 6.41 Å². The second-order valence-corrected chi connectivity index (χ2v) is 7.39. The molecule has 0 aliphatic heterocycles. The van der Waals surface area contributed by atoms with Crippen LogP contribution in [0.3, 0.4) is 0 Å². The quantitative estimate of drug-likeness (QED) is 0.327. The Hall–Kier alpha value is -3.53. The van der Waals surface area contributed by atoms with Crippen LogP contribution in [0.25, 0.3) is 10.8 Å². The Morgan fingerprint density at radius 3 is 2.06 bits per heavy atom. The fourth-order valence-electron chi connectivity index (χ4n) is 3.50. The summed E-state index contributed by atoms with van der Waals surface area (Å²) in [6.45, 7) is 6.17. The van der Waals surface area contributed by atoms with Gasteiger partial charge in [-0.3, -0.25) is 9.18 Å². The van der Waals surface area contributed by atoms with E-state index in [9.17, 15) is 9.18 Å². The minimum atomic E-state index is -0.250. The topological polar surface area (TPSA) is 98.2 Å². The molecule has 0 radical (unpaired) electrons. The summed E-state index contributed by atoms with van der Waals surface area (Å²) in [6, 6.07) is 23.5. The number of nitrogens with one attached hydrogen (secondary N) is 1. The molecule has 0 aliphatic rings. The molecule has 3 aromatic rings. The minimum absolute atomic E-state index is 0.176. The van der Waals surface area contributed by atoms with E-state index in [1.54, 1.807) is 0 Å². The summed E-state index contributed by atoms with van der Waals surface area (Å²) in [6.07, 6.45) is 7.19. The van der Waals surface area contributed by atoms with Crippen molar-refractivity contribution in [1.82, 2.24) is 5.32 Å². The lowest BCUT2D eigenvalue weighted by molar-refractivity contribution is -0.107. The van der Waals surface area contributed by atoms with E-state index in [-0.39, 0.29) is 25.2 Å². The molecule has 3 aromatic carbocycles. The molecule has 2 unspecified atom stereocenters. The Morgan fingerprint density at radius 1 is 0.971 bits per heavy atom. The molecule has 0 saturated heterocycles. The summed E-state index contributed by atoms with van der Waals surface area (Å²) >= 11 is 0. The fraction of sp³-hybridized carbons (Fsp3) is 0.310. The zero-order chi connectivity index (χ0) is 26.5. The van der Waals surface area contributed by atoms with Gasteiger partial charge in [0.25, 0.3) is 0 Å². The van der Waals surface area contributed by atoms with E-state index >= 15 is 0 Å². The lowest BCUT2D eigenvalue weighted by atomic mass is 9.96. The second-order valence-electron chi connectivity index (χ2n) is 7.39. The average molecular weight is 480 g/mol. The lowest BCUT2D eigenvalue weighted by Crippen LogP contribution is -2.23. The van der Waals surface area contributed by atoms with Gasteiger partial charge in [0.05, 0.1) is 6.67 Å². The molecule has 5 nitrogen and oxygen atoms in total. The third kappa shape index (κ3) is 11.9. The maximum Gasteiger partial charge on any atom is 0.204 e. The first-order valence-electron chi connectivity index (χ1n) is 11.5. The van der Waals surface area contributed by atoms with E-state index in [1.807, 2.05) is 18.2 Å². The molecule has 1 amide bonds. The molecule has 2 atom stereocenters. The van der Waals surface area contributed by atoms with Gasteiger partial charge in [-0.2, -0.15) is 0 Å². The number of aldehydes is 1. The largest absolute Gasteiger partial charge is 0.372 e. The van der Waals surface area contributed by atoms with Crippen molar-refractivity contribution in [3.63, 3.8) is 0 Å². The van der Waals surface area contributed by atoms with Gasteiger partial charge in [-0.15, -0.1) is 12.3 Å². The number of primary amides is 1. The number of alkyl halides is 1. The van der Waals surface area contributed by atoms with Crippen molar-refractivity contribution in [2.24, 2.45) is 11.5 Å². The van der Waals surface area contributed by atoms with Crippen LogP contribution in [-0.4, -0.2) is 25.9 Å². The van der Waals surface area contributed by atoms with Crippen molar-refractivity contribution in [3.05, 3.63) is 83.4 Å². The first-order chi connectivity index (χ1) is 16.9. The standard InChI is InChI=1S/C22H23NO.C4H7N.C2H5F.CH3NO/c1-16(20-11-5-3-9-19(20)14-15-24)23-17(2)21-13-7-10-18-8-4-6-12-22(18)21;1-2-3-4-5;1-2-3;2-1-3/h3-13,15-17,23H,14H2,1-2H3;1H,3-5H2;2H2,1H3;1H,(H2,2,3). The molecule has 0 saturated carbocycles. The molecule has 6 heteroatoms. The first-order valence-corrected chi connectivity index (χ1v) is 11.5. The zero-order valence-corrected chi connectivity index (χ0v) is 20.9. The SMILES string of the molecule is C#CCCN.CC(NC(C)c1cccc2ccccc12)c1ccccc1CC=O.CCF.NC=O.